The van der Waals surface area contributed by atoms with E-state index in [2.05, 4.69) is 9.22 Å². The Morgan fingerprint density at radius 1 is 1.19 bits per heavy atom. The maximum atomic E-state index is 11.9. The summed E-state index contributed by atoms with van der Waals surface area (Å²) in [5, 5.41) is -0.951. The van der Waals surface area contributed by atoms with E-state index in [0.29, 0.717) is 12.0 Å². The van der Waals surface area contributed by atoms with Crippen molar-refractivity contribution in [2.45, 2.75) is 38.5 Å². The second-order valence-electron chi connectivity index (χ2n) is 5.25. The van der Waals surface area contributed by atoms with Gasteiger partial charge in [0.2, 0.25) is 0 Å². The SMILES string of the molecule is CC(C)C[C@H](N)C(=O)OOS(=O)(=O)C(C)c1ccccc1. The molecule has 0 aromatic heterocycles. The summed E-state index contributed by atoms with van der Waals surface area (Å²) in [6.07, 6.45) is 0.385. The first-order chi connectivity index (χ1) is 9.74. The summed E-state index contributed by atoms with van der Waals surface area (Å²) in [6, 6.07) is 7.59. The molecule has 0 aliphatic heterocycles. The van der Waals surface area contributed by atoms with Crippen LogP contribution in [0.3, 0.4) is 0 Å². The third-order valence-corrected chi connectivity index (χ3v) is 4.34. The predicted molar refractivity (Wildman–Crippen MR) is 78.4 cm³/mol. The maximum absolute atomic E-state index is 11.9. The van der Waals surface area contributed by atoms with E-state index >= 15 is 0 Å². The van der Waals surface area contributed by atoms with Crippen molar-refractivity contribution in [2.75, 3.05) is 0 Å². The maximum Gasteiger partial charge on any atom is 0.360 e. The summed E-state index contributed by atoms with van der Waals surface area (Å²) in [4.78, 5) is 15.9. The first-order valence-corrected chi connectivity index (χ1v) is 8.15. The second-order valence-corrected chi connectivity index (χ2v) is 7.08. The molecule has 7 heteroatoms. The fourth-order valence-electron chi connectivity index (χ4n) is 1.70. The zero-order valence-corrected chi connectivity index (χ0v) is 13.2. The highest BCUT2D eigenvalue weighted by molar-refractivity contribution is 7.86. The normalized spacial score (nSPS) is 14.7. The summed E-state index contributed by atoms with van der Waals surface area (Å²) < 4.78 is 28.2. The first-order valence-electron chi connectivity index (χ1n) is 6.68. The Balaban J connectivity index is 2.63. The van der Waals surface area contributed by atoms with Gasteiger partial charge in [-0.15, -0.1) is 0 Å². The Kier molecular flexibility index (Phi) is 6.32. The van der Waals surface area contributed by atoms with Gasteiger partial charge >= 0.3 is 16.1 Å². The Labute approximate surface area is 125 Å². The number of carbonyl (C=O) groups is 1. The minimum atomic E-state index is -4.07. The van der Waals surface area contributed by atoms with Crippen molar-refractivity contribution in [3.63, 3.8) is 0 Å². The van der Waals surface area contributed by atoms with Crippen LogP contribution in [0.25, 0.3) is 0 Å². The Hall–Kier alpha value is -1.44. The molecule has 21 heavy (non-hydrogen) atoms. The van der Waals surface area contributed by atoms with Gasteiger partial charge in [0.1, 0.15) is 11.3 Å². The van der Waals surface area contributed by atoms with Crippen LogP contribution in [-0.2, 0) is 24.1 Å². The summed E-state index contributed by atoms with van der Waals surface area (Å²) in [7, 11) is -4.07. The molecule has 0 heterocycles. The van der Waals surface area contributed by atoms with Crippen LogP contribution in [0.1, 0.15) is 38.0 Å². The smallest absolute Gasteiger partial charge is 0.318 e. The summed E-state index contributed by atoms with van der Waals surface area (Å²) in [6.45, 7) is 5.23. The van der Waals surface area contributed by atoms with E-state index in [9.17, 15) is 13.2 Å². The Bertz CT molecular complexity index is 556. The highest BCUT2D eigenvalue weighted by Crippen LogP contribution is 2.23. The molecule has 6 nitrogen and oxygen atoms in total. The van der Waals surface area contributed by atoms with Crippen LogP contribution in [0, 0.1) is 5.92 Å². The highest BCUT2D eigenvalue weighted by Gasteiger charge is 2.28. The molecule has 0 amide bonds. The molecule has 2 N–H and O–H groups in total. The second kappa shape index (κ2) is 7.53. The fraction of sp³-hybridized carbons (Fsp3) is 0.500. The molecule has 0 radical (unpaired) electrons. The molecular formula is C14H21NO5S. The van der Waals surface area contributed by atoms with Gasteiger partial charge in [0.25, 0.3) is 0 Å². The molecule has 0 saturated heterocycles. The molecule has 1 aromatic carbocycles. The molecule has 1 unspecified atom stereocenters. The van der Waals surface area contributed by atoms with Crippen molar-refractivity contribution < 1.29 is 22.4 Å². The van der Waals surface area contributed by atoms with E-state index in [4.69, 9.17) is 5.73 Å². The largest absolute Gasteiger partial charge is 0.360 e. The van der Waals surface area contributed by atoms with E-state index in [1.807, 2.05) is 13.8 Å². The van der Waals surface area contributed by atoms with Crippen molar-refractivity contribution in [3.8, 4) is 0 Å². The molecule has 0 saturated carbocycles. The summed E-state index contributed by atoms with van der Waals surface area (Å²) in [5.41, 5.74) is 6.13. The zero-order valence-electron chi connectivity index (χ0n) is 12.4. The van der Waals surface area contributed by atoms with Crippen LogP contribution < -0.4 is 5.73 Å². The quantitative estimate of drug-likeness (QED) is 0.610. The number of rotatable bonds is 7. The van der Waals surface area contributed by atoms with E-state index < -0.39 is 27.4 Å². The lowest BCUT2D eigenvalue weighted by atomic mass is 10.1. The average molecular weight is 315 g/mol. The minimum absolute atomic E-state index is 0.187. The number of nitrogens with two attached hydrogens (primary N) is 1. The molecule has 1 rings (SSSR count). The zero-order chi connectivity index (χ0) is 16.0. The summed E-state index contributed by atoms with van der Waals surface area (Å²) in [5.74, 6) is -0.708. The van der Waals surface area contributed by atoms with Crippen molar-refractivity contribution in [2.24, 2.45) is 11.7 Å². The van der Waals surface area contributed by atoms with Gasteiger partial charge in [0, 0.05) is 0 Å². The lowest BCUT2D eigenvalue weighted by molar-refractivity contribution is -0.213. The molecule has 0 fully saturated rings. The van der Waals surface area contributed by atoms with Crippen LogP contribution >= 0.6 is 0 Å². The topological polar surface area (TPSA) is 95.7 Å². The van der Waals surface area contributed by atoms with Gasteiger partial charge in [0.15, 0.2) is 0 Å². The van der Waals surface area contributed by atoms with Crippen molar-refractivity contribution >= 4 is 16.1 Å². The molecule has 118 valence electrons. The molecule has 2 atom stereocenters. The first kappa shape index (κ1) is 17.6. The molecule has 0 spiro atoms. The van der Waals surface area contributed by atoms with E-state index in [-0.39, 0.29) is 5.92 Å². The fourth-order valence-corrected chi connectivity index (χ4v) is 2.47. The summed E-state index contributed by atoms with van der Waals surface area (Å²) >= 11 is 0. The van der Waals surface area contributed by atoms with Crippen molar-refractivity contribution in [1.29, 1.82) is 0 Å². The Morgan fingerprint density at radius 2 is 1.76 bits per heavy atom. The predicted octanol–water partition coefficient (Wildman–Crippen LogP) is 1.93. The molecule has 0 aliphatic carbocycles. The van der Waals surface area contributed by atoms with Crippen LogP contribution in [0.15, 0.2) is 30.3 Å². The van der Waals surface area contributed by atoms with Gasteiger partial charge in [-0.05, 0) is 24.8 Å². The third kappa shape index (κ3) is 5.45. The van der Waals surface area contributed by atoms with Gasteiger partial charge in [-0.3, -0.25) is 4.89 Å². The molecular weight excluding hydrogens is 294 g/mol. The molecule has 0 aliphatic rings. The highest BCUT2D eigenvalue weighted by atomic mass is 32.2. The van der Waals surface area contributed by atoms with Crippen LogP contribution in [0.4, 0.5) is 0 Å². The van der Waals surface area contributed by atoms with Crippen LogP contribution in [0.2, 0.25) is 0 Å². The van der Waals surface area contributed by atoms with Gasteiger partial charge in [-0.2, -0.15) is 8.42 Å². The molecule has 0 bridgehead atoms. The number of benzene rings is 1. The number of hydrogen-bond donors (Lipinski definition) is 1. The standard InChI is InChI=1S/C14H21NO5S/c1-10(2)9-13(15)14(16)19-20-21(17,18)11(3)12-7-5-4-6-8-12/h4-8,10-11,13H,9,15H2,1-3H3/t11?,13-/m0/s1. The van der Waals surface area contributed by atoms with Gasteiger partial charge < -0.3 is 5.73 Å². The van der Waals surface area contributed by atoms with Crippen LogP contribution in [0.5, 0.6) is 0 Å². The van der Waals surface area contributed by atoms with Crippen molar-refractivity contribution in [1.82, 2.24) is 0 Å². The minimum Gasteiger partial charge on any atom is -0.318 e. The van der Waals surface area contributed by atoms with Gasteiger partial charge in [-0.25, -0.2) is 4.79 Å². The Morgan fingerprint density at radius 3 is 2.29 bits per heavy atom. The van der Waals surface area contributed by atoms with Crippen molar-refractivity contribution in [3.05, 3.63) is 35.9 Å². The van der Waals surface area contributed by atoms with Crippen LogP contribution in [-0.4, -0.2) is 20.4 Å². The third-order valence-electron chi connectivity index (χ3n) is 2.94. The van der Waals surface area contributed by atoms with E-state index in [1.54, 1.807) is 30.3 Å². The lowest BCUT2D eigenvalue weighted by Gasteiger charge is -2.14. The van der Waals surface area contributed by atoms with E-state index in [0.717, 1.165) is 0 Å². The van der Waals surface area contributed by atoms with Gasteiger partial charge in [-0.1, -0.05) is 48.5 Å². The lowest BCUT2D eigenvalue weighted by Crippen LogP contribution is -2.34. The molecule has 1 aromatic rings. The number of hydrogen-bond acceptors (Lipinski definition) is 6. The average Bonchev–Trinajstić information content (AvgIpc) is 2.44. The monoisotopic (exact) mass is 315 g/mol. The number of carbonyl (C=O) groups excluding carboxylic acids is 1. The van der Waals surface area contributed by atoms with E-state index in [1.165, 1.54) is 6.92 Å². The van der Waals surface area contributed by atoms with Gasteiger partial charge in [0.05, 0.1) is 0 Å².